The summed E-state index contributed by atoms with van der Waals surface area (Å²) >= 11 is 0. The van der Waals surface area contributed by atoms with Gasteiger partial charge in [0, 0.05) is 6.04 Å². The van der Waals surface area contributed by atoms with Gasteiger partial charge in [0.05, 0.1) is 0 Å². The third-order valence-corrected chi connectivity index (χ3v) is 5.24. The second-order valence-corrected chi connectivity index (χ2v) is 7.41. The van der Waals surface area contributed by atoms with E-state index < -0.39 is 23.3 Å². The SMILES string of the molecule is CCCCCC[C@@H](C)NC(=O)CN1C(=O)N[C@@](CC)(c2ccc(F)cc2)C1=O. The van der Waals surface area contributed by atoms with Gasteiger partial charge in [-0.1, -0.05) is 51.7 Å². The Hall–Kier alpha value is -2.44. The number of hydrogen-bond acceptors (Lipinski definition) is 3. The molecule has 154 valence electrons. The minimum absolute atomic E-state index is 0.0156. The number of imide groups is 1. The topological polar surface area (TPSA) is 78.5 Å². The first-order chi connectivity index (χ1) is 13.3. The molecule has 0 aliphatic carbocycles. The fourth-order valence-electron chi connectivity index (χ4n) is 3.56. The molecule has 4 amide bonds. The maximum absolute atomic E-state index is 13.2. The van der Waals surface area contributed by atoms with Crippen LogP contribution in [0, 0.1) is 5.82 Å². The number of nitrogens with zero attached hydrogens (tertiary/aromatic N) is 1. The van der Waals surface area contributed by atoms with Crippen LogP contribution in [-0.2, 0) is 15.1 Å². The first kappa shape index (κ1) is 21.9. The zero-order valence-electron chi connectivity index (χ0n) is 16.9. The van der Waals surface area contributed by atoms with E-state index in [1.165, 1.54) is 30.7 Å². The number of hydrogen-bond donors (Lipinski definition) is 2. The summed E-state index contributed by atoms with van der Waals surface area (Å²) in [6.07, 6.45) is 5.64. The summed E-state index contributed by atoms with van der Waals surface area (Å²) in [5, 5.41) is 5.55. The number of carbonyl (C=O) groups excluding carboxylic acids is 3. The van der Waals surface area contributed by atoms with Crippen molar-refractivity contribution in [2.75, 3.05) is 6.54 Å². The number of amides is 4. The largest absolute Gasteiger partial charge is 0.352 e. The Morgan fingerprint density at radius 3 is 2.46 bits per heavy atom. The van der Waals surface area contributed by atoms with Crippen molar-refractivity contribution >= 4 is 17.8 Å². The summed E-state index contributed by atoms with van der Waals surface area (Å²) < 4.78 is 13.2. The summed E-state index contributed by atoms with van der Waals surface area (Å²) in [5.74, 6) is -1.27. The number of urea groups is 1. The van der Waals surface area contributed by atoms with Gasteiger partial charge in [0.2, 0.25) is 5.91 Å². The molecule has 7 heteroatoms. The average Bonchev–Trinajstić information content (AvgIpc) is 2.91. The summed E-state index contributed by atoms with van der Waals surface area (Å²) in [6.45, 7) is 5.51. The maximum atomic E-state index is 13.2. The lowest BCUT2D eigenvalue weighted by molar-refractivity contribution is -0.135. The van der Waals surface area contributed by atoms with E-state index in [1.807, 2.05) is 6.92 Å². The van der Waals surface area contributed by atoms with Crippen LogP contribution in [0.2, 0.25) is 0 Å². The van der Waals surface area contributed by atoms with Gasteiger partial charge in [-0.15, -0.1) is 0 Å². The Morgan fingerprint density at radius 2 is 1.86 bits per heavy atom. The van der Waals surface area contributed by atoms with Gasteiger partial charge in [0.15, 0.2) is 0 Å². The van der Waals surface area contributed by atoms with Gasteiger partial charge in [-0.2, -0.15) is 0 Å². The van der Waals surface area contributed by atoms with E-state index >= 15 is 0 Å². The summed E-state index contributed by atoms with van der Waals surface area (Å²) in [6, 6.07) is 4.85. The molecule has 0 radical (unpaired) electrons. The Kier molecular flexibility index (Phi) is 7.54. The van der Waals surface area contributed by atoms with Crippen LogP contribution in [0.25, 0.3) is 0 Å². The molecule has 1 aliphatic rings. The highest BCUT2D eigenvalue weighted by Crippen LogP contribution is 2.32. The van der Waals surface area contributed by atoms with Crippen molar-refractivity contribution in [2.24, 2.45) is 0 Å². The highest BCUT2D eigenvalue weighted by Gasteiger charge is 2.51. The van der Waals surface area contributed by atoms with Crippen molar-refractivity contribution in [3.8, 4) is 0 Å². The lowest BCUT2D eigenvalue weighted by atomic mass is 9.87. The lowest BCUT2D eigenvalue weighted by Gasteiger charge is -2.25. The molecule has 2 rings (SSSR count). The molecule has 1 aromatic rings. The second-order valence-electron chi connectivity index (χ2n) is 7.41. The third kappa shape index (κ3) is 4.88. The minimum Gasteiger partial charge on any atom is -0.352 e. The van der Waals surface area contributed by atoms with E-state index in [0.29, 0.717) is 12.0 Å². The molecular formula is C21H30FN3O3. The van der Waals surface area contributed by atoms with E-state index in [-0.39, 0.29) is 18.5 Å². The molecule has 1 heterocycles. The lowest BCUT2D eigenvalue weighted by Crippen LogP contribution is -2.45. The number of rotatable bonds is 10. The predicted octanol–water partition coefficient (Wildman–Crippen LogP) is 3.46. The molecular weight excluding hydrogens is 361 g/mol. The Balaban J connectivity index is 2.00. The van der Waals surface area contributed by atoms with Crippen LogP contribution in [0.5, 0.6) is 0 Å². The highest BCUT2D eigenvalue weighted by atomic mass is 19.1. The smallest absolute Gasteiger partial charge is 0.325 e. The van der Waals surface area contributed by atoms with Crippen molar-refractivity contribution in [1.29, 1.82) is 0 Å². The first-order valence-electron chi connectivity index (χ1n) is 10.0. The molecule has 1 aliphatic heterocycles. The molecule has 0 bridgehead atoms. The molecule has 2 N–H and O–H groups in total. The van der Waals surface area contributed by atoms with E-state index in [9.17, 15) is 18.8 Å². The number of benzene rings is 1. The summed E-state index contributed by atoms with van der Waals surface area (Å²) in [5.41, 5.74) is -0.765. The molecule has 1 aromatic carbocycles. The molecule has 28 heavy (non-hydrogen) atoms. The van der Waals surface area contributed by atoms with Crippen LogP contribution in [-0.4, -0.2) is 35.3 Å². The number of unbranched alkanes of at least 4 members (excludes halogenated alkanes) is 3. The monoisotopic (exact) mass is 391 g/mol. The van der Waals surface area contributed by atoms with E-state index in [1.54, 1.807) is 6.92 Å². The minimum atomic E-state index is -1.27. The van der Waals surface area contributed by atoms with Crippen LogP contribution in [0.3, 0.4) is 0 Å². The fourth-order valence-corrected chi connectivity index (χ4v) is 3.56. The van der Waals surface area contributed by atoms with Crippen molar-refractivity contribution < 1.29 is 18.8 Å². The van der Waals surface area contributed by atoms with Crippen molar-refractivity contribution in [3.63, 3.8) is 0 Å². The van der Waals surface area contributed by atoms with Gasteiger partial charge < -0.3 is 10.6 Å². The average molecular weight is 391 g/mol. The molecule has 6 nitrogen and oxygen atoms in total. The highest BCUT2D eigenvalue weighted by molar-refractivity contribution is 6.09. The van der Waals surface area contributed by atoms with Gasteiger partial charge in [0.25, 0.3) is 5.91 Å². The van der Waals surface area contributed by atoms with Crippen LogP contribution < -0.4 is 10.6 Å². The van der Waals surface area contributed by atoms with Gasteiger partial charge in [-0.25, -0.2) is 9.18 Å². The molecule has 0 aromatic heterocycles. The van der Waals surface area contributed by atoms with Crippen molar-refractivity contribution in [2.45, 2.75) is 70.9 Å². The zero-order chi connectivity index (χ0) is 20.7. The Labute approximate surface area is 165 Å². The third-order valence-electron chi connectivity index (χ3n) is 5.24. The van der Waals surface area contributed by atoms with Gasteiger partial charge in [-0.05, 0) is 37.5 Å². The van der Waals surface area contributed by atoms with Crippen LogP contribution in [0.1, 0.15) is 64.9 Å². The Morgan fingerprint density at radius 1 is 1.18 bits per heavy atom. The van der Waals surface area contributed by atoms with Gasteiger partial charge in [-0.3, -0.25) is 14.5 Å². The van der Waals surface area contributed by atoms with Crippen molar-refractivity contribution in [1.82, 2.24) is 15.5 Å². The molecule has 1 saturated heterocycles. The molecule has 0 saturated carbocycles. The molecule has 0 spiro atoms. The predicted molar refractivity (Wildman–Crippen MR) is 105 cm³/mol. The van der Waals surface area contributed by atoms with E-state index in [4.69, 9.17) is 0 Å². The normalized spacial score (nSPS) is 20.2. The maximum Gasteiger partial charge on any atom is 0.325 e. The van der Waals surface area contributed by atoms with Gasteiger partial charge in [0.1, 0.15) is 17.9 Å². The quantitative estimate of drug-likeness (QED) is 0.474. The van der Waals surface area contributed by atoms with Gasteiger partial charge >= 0.3 is 6.03 Å². The Bertz CT molecular complexity index is 707. The number of nitrogens with one attached hydrogen (secondary N) is 2. The second kappa shape index (κ2) is 9.66. The molecule has 2 atom stereocenters. The number of halogens is 1. The van der Waals surface area contributed by atoms with Crippen LogP contribution in [0.4, 0.5) is 9.18 Å². The van der Waals surface area contributed by atoms with Crippen LogP contribution in [0.15, 0.2) is 24.3 Å². The van der Waals surface area contributed by atoms with Crippen molar-refractivity contribution in [3.05, 3.63) is 35.6 Å². The molecule has 0 unspecified atom stereocenters. The van der Waals surface area contributed by atoms with E-state index in [0.717, 1.165) is 30.6 Å². The number of carbonyl (C=O) groups is 3. The fraction of sp³-hybridized carbons (Fsp3) is 0.571. The van der Waals surface area contributed by atoms with Crippen LogP contribution >= 0.6 is 0 Å². The first-order valence-corrected chi connectivity index (χ1v) is 10.0. The zero-order valence-corrected chi connectivity index (χ0v) is 16.9. The molecule has 1 fully saturated rings. The standard InChI is InChI=1S/C21H30FN3O3/c1-4-6-7-8-9-15(3)23-18(26)14-25-19(27)21(5-2,24-20(25)28)16-10-12-17(22)13-11-16/h10-13,15H,4-9,14H2,1-3H3,(H,23,26)(H,24,28)/t15-,21+/m1/s1. The summed E-state index contributed by atoms with van der Waals surface area (Å²) in [7, 11) is 0. The summed E-state index contributed by atoms with van der Waals surface area (Å²) in [4.78, 5) is 38.7. The van der Waals surface area contributed by atoms with E-state index in [2.05, 4.69) is 17.6 Å².